The van der Waals surface area contributed by atoms with E-state index in [4.69, 9.17) is 5.73 Å². The molecular weight excluding hydrogens is 515 g/mol. The van der Waals surface area contributed by atoms with Gasteiger partial charge >= 0.3 is 0 Å². The van der Waals surface area contributed by atoms with Gasteiger partial charge in [0.15, 0.2) is 0 Å². The molecule has 5 aromatic rings. The Kier molecular flexibility index (Phi) is 4.61. The van der Waals surface area contributed by atoms with Crippen molar-refractivity contribution in [2.45, 2.75) is 59.3 Å². The summed E-state index contributed by atoms with van der Waals surface area (Å²) in [5, 5.41) is 0.882. The standard InChI is InChI=1S/C31H29NS4/c1-14-8-9-19(33-14)21-12-17-28(35-21)24-15(2)27-25(16(3)26(24)30(17,4)5)29-18(31(27,6)7)13-22(36-29)20-10-11-23(32)34-20/h8-13H,32H2,1-7H3. The molecule has 4 aromatic heterocycles. The van der Waals surface area contributed by atoms with E-state index in [1.807, 2.05) is 40.1 Å². The molecule has 182 valence electrons. The summed E-state index contributed by atoms with van der Waals surface area (Å²) < 4.78 is 0. The third kappa shape index (κ3) is 2.80. The Balaban J connectivity index is 1.48. The van der Waals surface area contributed by atoms with Gasteiger partial charge in [-0.05, 0) is 102 Å². The van der Waals surface area contributed by atoms with E-state index in [1.165, 1.54) is 78.6 Å². The van der Waals surface area contributed by atoms with Crippen molar-refractivity contribution in [3.8, 4) is 40.4 Å². The molecule has 0 bridgehead atoms. The van der Waals surface area contributed by atoms with Gasteiger partial charge in [0.1, 0.15) is 0 Å². The molecule has 1 aromatic carbocycles. The van der Waals surface area contributed by atoms with E-state index < -0.39 is 0 Å². The molecule has 36 heavy (non-hydrogen) atoms. The van der Waals surface area contributed by atoms with Gasteiger partial charge in [-0.25, -0.2) is 0 Å². The second-order valence-corrected chi connectivity index (χ2v) is 15.8. The van der Waals surface area contributed by atoms with Gasteiger partial charge in [0.05, 0.1) is 5.00 Å². The van der Waals surface area contributed by atoms with Gasteiger partial charge in [-0.3, -0.25) is 0 Å². The van der Waals surface area contributed by atoms with Crippen molar-refractivity contribution in [2.24, 2.45) is 0 Å². The highest BCUT2D eigenvalue weighted by Gasteiger charge is 2.47. The molecule has 0 spiro atoms. The monoisotopic (exact) mass is 543 g/mol. The molecule has 0 unspecified atom stereocenters. The van der Waals surface area contributed by atoms with Crippen molar-refractivity contribution in [2.75, 3.05) is 5.73 Å². The summed E-state index contributed by atoms with van der Waals surface area (Å²) in [7, 11) is 0. The van der Waals surface area contributed by atoms with E-state index in [9.17, 15) is 0 Å². The van der Waals surface area contributed by atoms with E-state index in [2.05, 4.69) is 78.8 Å². The maximum Gasteiger partial charge on any atom is 0.0863 e. The van der Waals surface area contributed by atoms with Gasteiger partial charge in [0, 0.05) is 45.0 Å². The van der Waals surface area contributed by atoms with Gasteiger partial charge < -0.3 is 5.73 Å². The highest BCUT2D eigenvalue weighted by Crippen LogP contribution is 2.63. The molecule has 0 aliphatic heterocycles. The summed E-state index contributed by atoms with van der Waals surface area (Å²) in [4.78, 5) is 9.74. The van der Waals surface area contributed by atoms with Crippen LogP contribution in [0.3, 0.4) is 0 Å². The maximum atomic E-state index is 6.08. The second kappa shape index (κ2) is 7.22. The third-order valence-corrected chi connectivity index (χ3v) is 13.0. The molecule has 7 rings (SSSR count). The summed E-state index contributed by atoms with van der Waals surface area (Å²) in [6.07, 6.45) is 0. The minimum absolute atomic E-state index is 0.00914. The number of fused-ring (bicyclic) bond motifs is 6. The zero-order valence-corrected chi connectivity index (χ0v) is 24.9. The zero-order valence-electron chi connectivity index (χ0n) is 21.7. The lowest BCUT2D eigenvalue weighted by atomic mass is 9.74. The number of benzene rings is 1. The molecule has 0 radical (unpaired) electrons. The van der Waals surface area contributed by atoms with Crippen LogP contribution in [0.25, 0.3) is 40.4 Å². The molecule has 2 aliphatic carbocycles. The molecule has 4 heterocycles. The van der Waals surface area contributed by atoms with Crippen molar-refractivity contribution < 1.29 is 0 Å². The lowest BCUT2D eigenvalue weighted by Crippen LogP contribution is -2.20. The van der Waals surface area contributed by atoms with E-state index in [1.54, 1.807) is 11.3 Å². The van der Waals surface area contributed by atoms with Crippen LogP contribution in [-0.4, -0.2) is 0 Å². The first kappa shape index (κ1) is 23.0. The number of aryl methyl sites for hydroxylation is 1. The number of thiophene rings is 4. The van der Waals surface area contributed by atoms with E-state index in [-0.39, 0.29) is 10.8 Å². The molecule has 0 amide bonds. The molecule has 5 heteroatoms. The van der Waals surface area contributed by atoms with Crippen LogP contribution < -0.4 is 5.73 Å². The van der Waals surface area contributed by atoms with Crippen LogP contribution in [0, 0.1) is 20.8 Å². The fourth-order valence-corrected chi connectivity index (χ4v) is 11.4. The number of hydrogen-bond acceptors (Lipinski definition) is 5. The Morgan fingerprint density at radius 2 is 1.06 bits per heavy atom. The van der Waals surface area contributed by atoms with Crippen LogP contribution in [0.5, 0.6) is 0 Å². The van der Waals surface area contributed by atoms with Crippen LogP contribution in [0.15, 0.2) is 36.4 Å². The van der Waals surface area contributed by atoms with Crippen molar-refractivity contribution in [1.29, 1.82) is 0 Å². The first-order valence-corrected chi connectivity index (χ1v) is 15.7. The smallest absolute Gasteiger partial charge is 0.0863 e. The van der Waals surface area contributed by atoms with Gasteiger partial charge in [0.2, 0.25) is 0 Å². The van der Waals surface area contributed by atoms with Crippen LogP contribution in [0.2, 0.25) is 0 Å². The molecule has 0 atom stereocenters. The maximum absolute atomic E-state index is 6.08. The SMILES string of the molecule is Cc1ccc(-c2cc3c(s2)-c2c(C)c4c(c(C)c2C3(C)C)-c2sc(-c3ccc(N)s3)cc2C4(C)C)s1. The normalized spacial score (nSPS) is 16.2. The van der Waals surface area contributed by atoms with Crippen LogP contribution in [0.1, 0.15) is 66.0 Å². The highest BCUT2D eigenvalue weighted by molar-refractivity contribution is 7.25. The first-order chi connectivity index (χ1) is 17.0. The number of anilines is 1. The van der Waals surface area contributed by atoms with Crippen LogP contribution >= 0.6 is 45.3 Å². The molecule has 0 saturated heterocycles. The molecule has 2 N–H and O–H groups in total. The van der Waals surface area contributed by atoms with Crippen molar-refractivity contribution in [3.05, 3.63) is 74.7 Å². The zero-order chi connectivity index (χ0) is 25.3. The lowest BCUT2D eigenvalue weighted by Gasteiger charge is -2.29. The van der Waals surface area contributed by atoms with Gasteiger partial charge in [-0.2, -0.15) is 0 Å². The Hall–Kier alpha value is -2.18. The number of rotatable bonds is 2. The Labute approximate surface area is 229 Å². The largest absolute Gasteiger partial charge is 0.391 e. The second-order valence-electron chi connectivity index (χ2n) is 11.3. The first-order valence-electron chi connectivity index (χ1n) is 12.4. The van der Waals surface area contributed by atoms with E-state index in [0.717, 1.165) is 5.00 Å². The number of nitrogen functional groups attached to an aromatic ring is 1. The van der Waals surface area contributed by atoms with Crippen molar-refractivity contribution in [3.63, 3.8) is 0 Å². The minimum atomic E-state index is -0.0239. The molecular formula is C31H29NS4. The predicted octanol–water partition coefficient (Wildman–Crippen LogP) is 10.4. The topological polar surface area (TPSA) is 26.0 Å². The summed E-state index contributed by atoms with van der Waals surface area (Å²) in [6, 6.07) is 13.6. The predicted molar refractivity (Wildman–Crippen MR) is 163 cm³/mol. The number of nitrogens with two attached hydrogens (primary N) is 1. The quantitative estimate of drug-likeness (QED) is 0.235. The van der Waals surface area contributed by atoms with E-state index >= 15 is 0 Å². The average Bonchev–Trinajstić information content (AvgIpc) is 3.60. The average molecular weight is 544 g/mol. The third-order valence-electron chi connectivity index (χ3n) is 8.37. The van der Waals surface area contributed by atoms with Gasteiger partial charge in [-0.1, -0.05) is 27.7 Å². The van der Waals surface area contributed by atoms with Crippen LogP contribution in [0.4, 0.5) is 5.00 Å². The minimum Gasteiger partial charge on any atom is -0.391 e. The molecule has 1 nitrogen and oxygen atoms in total. The fourth-order valence-electron chi connectivity index (χ4n) is 6.78. The summed E-state index contributed by atoms with van der Waals surface area (Å²) in [6.45, 7) is 16.7. The number of hydrogen-bond donors (Lipinski definition) is 1. The van der Waals surface area contributed by atoms with Crippen molar-refractivity contribution >= 4 is 50.3 Å². The van der Waals surface area contributed by atoms with Crippen LogP contribution in [-0.2, 0) is 10.8 Å². The molecule has 0 saturated carbocycles. The molecule has 0 fully saturated rings. The van der Waals surface area contributed by atoms with Gasteiger partial charge in [0.25, 0.3) is 0 Å². The lowest BCUT2D eigenvalue weighted by molar-refractivity contribution is 0.646. The Bertz CT molecular complexity index is 1600. The Morgan fingerprint density at radius 3 is 1.47 bits per heavy atom. The summed E-state index contributed by atoms with van der Waals surface area (Å²) in [5.74, 6) is 0. The fraction of sp³-hybridized carbons (Fsp3) is 0.290. The van der Waals surface area contributed by atoms with Crippen molar-refractivity contribution in [1.82, 2.24) is 0 Å². The molecule has 2 aliphatic rings. The summed E-state index contributed by atoms with van der Waals surface area (Å²) >= 11 is 7.54. The van der Waals surface area contributed by atoms with E-state index in [0.29, 0.717) is 0 Å². The summed E-state index contributed by atoms with van der Waals surface area (Å²) in [5.41, 5.74) is 18.0. The van der Waals surface area contributed by atoms with Gasteiger partial charge in [-0.15, -0.1) is 45.3 Å². The Morgan fingerprint density at radius 1 is 0.583 bits per heavy atom. The highest BCUT2D eigenvalue weighted by atomic mass is 32.1.